The second-order valence-electron chi connectivity index (χ2n) is 16.4. The molecule has 0 atom stereocenters. The van der Waals surface area contributed by atoms with Crippen molar-refractivity contribution in [2.24, 2.45) is 0 Å². The first-order valence-electron chi connectivity index (χ1n) is 21.5. The van der Waals surface area contributed by atoms with E-state index in [-0.39, 0.29) is 0 Å². The number of hydrogen-bond donors (Lipinski definition) is 0. The molecule has 0 aliphatic carbocycles. The third-order valence-corrected chi connectivity index (χ3v) is 12.9. The van der Waals surface area contributed by atoms with Crippen LogP contribution >= 0.6 is 0 Å². The van der Waals surface area contributed by atoms with Crippen molar-refractivity contribution in [1.29, 1.82) is 0 Å². The summed E-state index contributed by atoms with van der Waals surface area (Å²) in [4.78, 5) is 2.39. The molecule has 11 aromatic carbocycles. The fourth-order valence-corrected chi connectivity index (χ4v) is 9.89. The van der Waals surface area contributed by atoms with Gasteiger partial charge in [0.05, 0.1) is 5.69 Å². The largest absolute Gasteiger partial charge is 0.456 e. The van der Waals surface area contributed by atoms with Gasteiger partial charge in [0, 0.05) is 43.9 Å². The Labute approximate surface area is 363 Å². The number of furan rings is 2. The van der Waals surface area contributed by atoms with Crippen molar-refractivity contribution in [1.82, 2.24) is 0 Å². The van der Waals surface area contributed by atoms with E-state index in [1.54, 1.807) is 0 Å². The molecule has 13 rings (SSSR count). The lowest BCUT2D eigenvalue weighted by Crippen LogP contribution is -2.11. The molecule has 2 heterocycles. The molecule has 0 fully saturated rings. The van der Waals surface area contributed by atoms with Crippen LogP contribution in [0.4, 0.5) is 17.1 Å². The van der Waals surface area contributed by atoms with Crippen molar-refractivity contribution in [3.63, 3.8) is 0 Å². The molecule has 0 amide bonds. The summed E-state index contributed by atoms with van der Waals surface area (Å²) >= 11 is 0. The van der Waals surface area contributed by atoms with Gasteiger partial charge in [-0.2, -0.15) is 0 Å². The zero-order chi connectivity index (χ0) is 41.4. The molecule has 63 heavy (non-hydrogen) atoms. The lowest BCUT2D eigenvalue weighted by molar-refractivity contribution is 0.669. The van der Waals surface area contributed by atoms with Crippen LogP contribution in [0.25, 0.3) is 110 Å². The smallest absolute Gasteiger partial charge is 0.143 e. The average Bonchev–Trinajstić information content (AvgIpc) is 3.93. The Morgan fingerprint density at radius 2 is 0.873 bits per heavy atom. The molecule has 2 aromatic heterocycles. The fourth-order valence-electron chi connectivity index (χ4n) is 9.89. The molecule has 13 aromatic rings. The van der Waals surface area contributed by atoms with Crippen LogP contribution in [0, 0.1) is 0 Å². The van der Waals surface area contributed by atoms with Gasteiger partial charge < -0.3 is 13.7 Å². The van der Waals surface area contributed by atoms with Gasteiger partial charge in [0.2, 0.25) is 0 Å². The van der Waals surface area contributed by atoms with Crippen LogP contribution in [-0.4, -0.2) is 0 Å². The Morgan fingerprint density at radius 3 is 1.70 bits per heavy atom. The standard InChI is InChI=1S/C60H37NO2/c1-4-15-46-39(12-1)28-35-53-59-52(20-11-23-57(59)63-60(46)53)49-18-7-9-21-55(49)61(43-30-24-38(25-31-43)41-29-34-51-50-19-8-10-22-56(50)62-58(51)37-41)44-32-26-40(27-33-44)54-36-42-13-2-3-14-45(42)47-16-5-6-17-48(47)54/h1-37H. The third kappa shape index (κ3) is 5.67. The molecule has 0 bridgehead atoms. The minimum Gasteiger partial charge on any atom is -0.456 e. The lowest BCUT2D eigenvalue weighted by atomic mass is 9.93. The van der Waals surface area contributed by atoms with Crippen LogP contribution in [-0.2, 0) is 0 Å². The van der Waals surface area contributed by atoms with Crippen molar-refractivity contribution < 1.29 is 8.83 Å². The fraction of sp³-hybridized carbons (Fsp3) is 0. The molecule has 3 heteroatoms. The zero-order valence-corrected chi connectivity index (χ0v) is 34.1. The predicted octanol–water partition coefficient (Wildman–Crippen LogP) is 17.4. The number of anilines is 3. The molecular formula is C60H37NO2. The average molecular weight is 804 g/mol. The number of benzene rings is 11. The van der Waals surface area contributed by atoms with Crippen LogP contribution in [0.2, 0.25) is 0 Å². The van der Waals surface area contributed by atoms with E-state index in [1.165, 1.54) is 38.1 Å². The Bertz CT molecular complexity index is 3910. The number of hydrogen-bond acceptors (Lipinski definition) is 3. The number of para-hydroxylation sites is 2. The molecule has 0 saturated heterocycles. The van der Waals surface area contributed by atoms with Crippen molar-refractivity contribution in [3.05, 3.63) is 224 Å². The Morgan fingerprint density at radius 1 is 0.286 bits per heavy atom. The number of nitrogens with zero attached hydrogens (tertiary/aromatic N) is 1. The highest BCUT2D eigenvalue weighted by Gasteiger charge is 2.22. The lowest BCUT2D eigenvalue weighted by Gasteiger charge is -2.28. The predicted molar refractivity (Wildman–Crippen MR) is 265 cm³/mol. The molecule has 0 saturated carbocycles. The van der Waals surface area contributed by atoms with Gasteiger partial charge in [-0.15, -0.1) is 0 Å². The van der Waals surface area contributed by atoms with Gasteiger partial charge in [-0.1, -0.05) is 158 Å². The molecule has 294 valence electrons. The summed E-state index contributed by atoms with van der Waals surface area (Å²) in [6, 6.07) is 80.6. The maximum absolute atomic E-state index is 6.69. The van der Waals surface area contributed by atoms with Gasteiger partial charge in [-0.05, 0) is 121 Å². The van der Waals surface area contributed by atoms with Crippen molar-refractivity contribution in [2.75, 3.05) is 4.90 Å². The van der Waals surface area contributed by atoms with E-state index in [0.29, 0.717) is 0 Å². The highest BCUT2D eigenvalue weighted by molar-refractivity contribution is 6.20. The van der Waals surface area contributed by atoms with Gasteiger partial charge in [0.25, 0.3) is 0 Å². The van der Waals surface area contributed by atoms with Gasteiger partial charge in [-0.3, -0.25) is 0 Å². The molecule has 0 radical (unpaired) electrons. The monoisotopic (exact) mass is 803 g/mol. The summed E-state index contributed by atoms with van der Waals surface area (Å²) < 4.78 is 13.0. The van der Waals surface area contributed by atoms with E-state index in [9.17, 15) is 0 Å². The number of rotatable bonds is 6. The summed E-state index contributed by atoms with van der Waals surface area (Å²) in [5.74, 6) is 0. The SMILES string of the molecule is c1ccc(N(c2ccc(-c3ccc4c(c3)oc3ccccc34)cc2)c2ccc(-c3cc4ccccc4c4ccccc34)cc2)c(-c2cccc3oc4c5ccccc5ccc4c23)c1. The maximum atomic E-state index is 6.69. The van der Waals surface area contributed by atoms with Crippen molar-refractivity contribution >= 4 is 93.3 Å². The zero-order valence-electron chi connectivity index (χ0n) is 34.1. The minimum atomic E-state index is 0.873. The molecule has 0 N–H and O–H groups in total. The molecule has 0 spiro atoms. The van der Waals surface area contributed by atoms with Gasteiger partial charge in [0.1, 0.15) is 22.3 Å². The van der Waals surface area contributed by atoms with Crippen LogP contribution < -0.4 is 4.90 Å². The van der Waals surface area contributed by atoms with Crippen LogP contribution in [0.1, 0.15) is 0 Å². The molecule has 0 aliphatic rings. The third-order valence-electron chi connectivity index (χ3n) is 12.9. The first-order valence-corrected chi connectivity index (χ1v) is 21.5. The van der Waals surface area contributed by atoms with Gasteiger partial charge in [0.15, 0.2) is 0 Å². The summed E-state index contributed by atoms with van der Waals surface area (Å²) in [6.45, 7) is 0. The van der Waals surface area contributed by atoms with Gasteiger partial charge in [-0.25, -0.2) is 0 Å². The topological polar surface area (TPSA) is 29.5 Å². The first-order chi connectivity index (χ1) is 31.2. The molecule has 3 nitrogen and oxygen atoms in total. The van der Waals surface area contributed by atoms with Gasteiger partial charge >= 0.3 is 0 Å². The summed E-state index contributed by atoms with van der Waals surface area (Å²) in [7, 11) is 0. The highest BCUT2D eigenvalue weighted by Crippen LogP contribution is 2.46. The van der Waals surface area contributed by atoms with Crippen LogP contribution in [0.5, 0.6) is 0 Å². The maximum Gasteiger partial charge on any atom is 0.143 e. The first kappa shape index (κ1) is 35.4. The van der Waals surface area contributed by atoms with E-state index in [1.807, 2.05) is 12.1 Å². The normalized spacial score (nSPS) is 11.8. The van der Waals surface area contributed by atoms with E-state index in [0.717, 1.165) is 88.6 Å². The second kappa shape index (κ2) is 14.1. The van der Waals surface area contributed by atoms with E-state index < -0.39 is 0 Å². The Balaban J connectivity index is 0.977. The minimum absolute atomic E-state index is 0.873. The van der Waals surface area contributed by atoms with E-state index in [4.69, 9.17) is 8.83 Å². The van der Waals surface area contributed by atoms with Crippen molar-refractivity contribution in [2.45, 2.75) is 0 Å². The molecule has 0 aliphatic heterocycles. The Hall–Kier alpha value is -8.40. The molecule has 0 unspecified atom stereocenters. The molecular weight excluding hydrogens is 767 g/mol. The second-order valence-corrected chi connectivity index (χ2v) is 16.4. The Kier molecular flexibility index (Phi) is 7.91. The van der Waals surface area contributed by atoms with Crippen LogP contribution in [0.15, 0.2) is 233 Å². The van der Waals surface area contributed by atoms with Crippen LogP contribution in [0.3, 0.4) is 0 Å². The summed E-state index contributed by atoms with van der Waals surface area (Å²) in [5, 5.41) is 11.8. The highest BCUT2D eigenvalue weighted by atomic mass is 16.3. The van der Waals surface area contributed by atoms with E-state index in [2.05, 4.69) is 217 Å². The van der Waals surface area contributed by atoms with Crippen molar-refractivity contribution in [3.8, 4) is 33.4 Å². The number of fused-ring (bicyclic) bond motifs is 11. The van der Waals surface area contributed by atoms with E-state index >= 15 is 0 Å². The quantitative estimate of drug-likeness (QED) is 0.157. The summed E-state index contributed by atoms with van der Waals surface area (Å²) in [5.41, 5.74) is 13.6. The summed E-state index contributed by atoms with van der Waals surface area (Å²) in [6.07, 6.45) is 0.